The van der Waals surface area contributed by atoms with Crippen LogP contribution in [0.4, 0.5) is 0 Å². The molecule has 9 rings (SSSR count). The fraction of sp³-hybridized carbons (Fsp3) is 0.0222. The zero-order valence-corrected chi connectivity index (χ0v) is 28.0. The highest BCUT2D eigenvalue weighted by Gasteiger charge is 2.20. The van der Waals surface area contributed by atoms with Gasteiger partial charge in [-0.05, 0) is 66.1 Å². The third-order valence-corrected chi connectivity index (χ3v) is 9.36. The molecule has 4 heterocycles. The zero-order chi connectivity index (χ0) is 34.3. The fourth-order valence-corrected chi connectivity index (χ4v) is 7.03. The number of nitrogens with zero attached hydrogens (tertiary/aromatic N) is 6. The van der Waals surface area contributed by atoms with Gasteiger partial charge in [-0.1, -0.05) is 122 Å². The normalized spacial score (nSPS) is 12.1. The summed E-state index contributed by atoms with van der Waals surface area (Å²) in [6.07, 6.45) is 9.51. The van der Waals surface area contributed by atoms with Crippen LogP contribution in [0.1, 0.15) is 12.7 Å². The molecule has 0 atom stereocenters. The molecule has 0 amide bonds. The highest BCUT2D eigenvalue weighted by Crippen LogP contribution is 2.40. The number of fused-ring (bicyclic) bond motifs is 6. The summed E-state index contributed by atoms with van der Waals surface area (Å²) in [7, 11) is 0. The maximum absolute atomic E-state index is 5.08. The first-order chi connectivity index (χ1) is 25.2. The summed E-state index contributed by atoms with van der Waals surface area (Å²) >= 11 is 0. The van der Waals surface area contributed by atoms with Crippen LogP contribution in [0.25, 0.3) is 83.5 Å². The van der Waals surface area contributed by atoms with Crippen LogP contribution in [-0.2, 0) is 0 Å². The van der Waals surface area contributed by atoms with Gasteiger partial charge in [0.15, 0.2) is 11.6 Å². The largest absolute Gasteiger partial charge is 0.294 e. The minimum atomic E-state index is 0.565. The van der Waals surface area contributed by atoms with E-state index in [4.69, 9.17) is 19.9 Å². The number of benzene rings is 5. The van der Waals surface area contributed by atoms with Gasteiger partial charge in [0.05, 0.1) is 16.6 Å². The Bertz CT molecular complexity index is 2820. The molecule has 5 aromatic carbocycles. The molecule has 9 aromatic rings. The molecular formula is C45H32N6. The van der Waals surface area contributed by atoms with Crippen molar-refractivity contribution in [2.24, 2.45) is 0 Å². The van der Waals surface area contributed by atoms with Crippen LogP contribution in [0.15, 0.2) is 171 Å². The summed E-state index contributed by atoms with van der Waals surface area (Å²) in [6, 6.07) is 46.3. The summed E-state index contributed by atoms with van der Waals surface area (Å²) < 4.78 is 4.41. The Labute approximate surface area is 295 Å². The van der Waals surface area contributed by atoms with E-state index in [1.807, 2.05) is 67.7 Å². The van der Waals surface area contributed by atoms with Gasteiger partial charge in [-0.3, -0.25) is 9.13 Å². The summed E-state index contributed by atoms with van der Waals surface area (Å²) in [4.78, 5) is 20.0. The number of hydrogen-bond acceptors (Lipinski definition) is 4. The Kier molecular flexibility index (Phi) is 7.40. The number of hydrogen-bond donors (Lipinski definition) is 0. The van der Waals surface area contributed by atoms with Gasteiger partial charge in [0.25, 0.3) is 0 Å². The van der Waals surface area contributed by atoms with Crippen molar-refractivity contribution in [3.63, 3.8) is 0 Å². The predicted octanol–water partition coefficient (Wildman–Crippen LogP) is 10.9. The van der Waals surface area contributed by atoms with Gasteiger partial charge in [-0.2, -0.15) is 9.97 Å². The molecule has 0 aliphatic rings. The molecule has 6 heteroatoms. The average Bonchev–Trinajstić information content (AvgIpc) is 3.71. The Morgan fingerprint density at radius 1 is 0.608 bits per heavy atom. The highest BCUT2D eigenvalue weighted by molar-refractivity contribution is 6.16. The van der Waals surface area contributed by atoms with E-state index in [1.165, 1.54) is 5.39 Å². The van der Waals surface area contributed by atoms with E-state index in [9.17, 15) is 0 Å². The van der Waals surface area contributed by atoms with E-state index in [1.54, 1.807) is 6.08 Å². The SMILES string of the molecule is C=C/C=C\C=C(/C)c1nc(-c2ccccc2)nc(-n2c3ccccc3c3cc(-c4ccnc5c4c4ccccc4n5-c4ccccc4)ccc32)n1. The lowest BCUT2D eigenvalue weighted by Crippen LogP contribution is -2.07. The predicted molar refractivity (Wildman–Crippen MR) is 210 cm³/mol. The number of aromatic nitrogens is 6. The fourth-order valence-electron chi connectivity index (χ4n) is 7.03. The van der Waals surface area contributed by atoms with Crippen LogP contribution in [0.3, 0.4) is 0 Å². The average molecular weight is 657 g/mol. The molecule has 0 saturated heterocycles. The molecule has 4 aromatic heterocycles. The van der Waals surface area contributed by atoms with Crippen LogP contribution >= 0.6 is 0 Å². The number of rotatable bonds is 7. The van der Waals surface area contributed by atoms with Crippen molar-refractivity contribution in [3.05, 3.63) is 176 Å². The second-order valence-electron chi connectivity index (χ2n) is 12.4. The molecule has 0 aliphatic carbocycles. The van der Waals surface area contributed by atoms with Crippen LogP contribution in [0, 0.1) is 0 Å². The Morgan fingerprint density at radius 2 is 1.29 bits per heavy atom. The van der Waals surface area contributed by atoms with E-state index in [-0.39, 0.29) is 0 Å². The van der Waals surface area contributed by atoms with Gasteiger partial charge in [-0.25, -0.2) is 9.97 Å². The summed E-state index contributed by atoms with van der Waals surface area (Å²) in [5.74, 6) is 1.80. The van der Waals surface area contributed by atoms with Crippen molar-refractivity contribution in [2.75, 3.05) is 0 Å². The first-order valence-electron chi connectivity index (χ1n) is 16.9. The first kappa shape index (κ1) is 30.2. The van der Waals surface area contributed by atoms with Crippen molar-refractivity contribution < 1.29 is 0 Å². The first-order valence-corrected chi connectivity index (χ1v) is 16.9. The molecule has 6 nitrogen and oxygen atoms in total. The second kappa shape index (κ2) is 12.5. The van der Waals surface area contributed by atoms with E-state index < -0.39 is 0 Å². The minimum Gasteiger partial charge on any atom is -0.294 e. The smallest absolute Gasteiger partial charge is 0.238 e. The number of para-hydroxylation sites is 3. The van der Waals surface area contributed by atoms with Crippen LogP contribution < -0.4 is 0 Å². The summed E-state index contributed by atoms with van der Waals surface area (Å²) in [5, 5.41) is 4.53. The van der Waals surface area contributed by atoms with Crippen LogP contribution in [0.5, 0.6) is 0 Å². The lowest BCUT2D eigenvalue weighted by atomic mass is 9.99. The molecule has 0 spiro atoms. The van der Waals surface area contributed by atoms with E-state index in [0.29, 0.717) is 17.6 Å². The van der Waals surface area contributed by atoms with Crippen molar-refractivity contribution in [3.8, 4) is 34.2 Å². The second-order valence-corrected chi connectivity index (χ2v) is 12.4. The standard InChI is InChI=1S/C45H32N6/c1-3-4-7-16-30(2)42-47-43(31-17-8-5-9-18-31)49-45(48-42)51-38-23-14-12-21-35(38)37-29-32(25-26-40(37)51)34-27-28-46-44-41(34)36-22-13-15-24-39(36)50(44)33-19-10-6-11-20-33/h3-29H,1H2,2H3/b7-4-,30-16+. The van der Waals surface area contributed by atoms with E-state index in [2.05, 4.69) is 113 Å². The maximum atomic E-state index is 5.08. The van der Waals surface area contributed by atoms with Crippen LogP contribution in [-0.4, -0.2) is 29.1 Å². The summed E-state index contributed by atoms with van der Waals surface area (Å²) in [5.41, 5.74) is 9.27. The van der Waals surface area contributed by atoms with Crippen molar-refractivity contribution in [1.29, 1.82) is 0 Å². The van der Waals surface area contributed by atoms with Gasteiger partial charge < -0.3 is 0 Å². The molecule has 0 unspecified atom stereocenters. The number of allylic oxidation sites excluding steroid dienone is 5. The Morgan fingerprint density at radius 3 is 2.08 bits per heavy atom. The lowest BCUT2D eigenvalue weighted by Gasteiger charge is -2.11. The molecule has 0 aliphatic heterocycles. The molecule has 0 fully saturated rings. The van der Waals surface area contributed by atoms with Crippen molar-refractivity contribution in [1.82, 2.24) is 29.1 Å². The van der Waals surface area contributed by atoms with Crippen molar-refractivity contribution in [2.45, 2.75) is 6.92 Å². The highest BCUT2D eigenvalue weighted by atomic mass is 15.2. The molecule has 0 bridgehead atoms. The lowest BCUT2D eigenvalue weighted by molar-refractivity contribution is 0.930. The monoisotopic (exact) mass is 656 g/mol. The molecule has 51 heavy (non-hydrogen) atoms. The Hall–Kier alpha value is -6.92. The Balaban J connectivity index is 1.28. The quantitative estimate of drug-likeness (QED) is 0.160. The molecule has 0 radical (unpaired) electrons. The van der Waals surface area contributed by atoms with Gasteiger partial charge >= 0.3 is 0 Å². The van der Waals surface area contributed by atoms with Gasteiger partial charge in [0, 0.05) is 39.0 Å². The zero-order valence-electron chi connectivity index (χ0n) is 28.0. The molecule has 242 valence electrons. The van der Waals surface area contributed by atoms with Crippen molar-refractivity contribution >= 4 is 49.3 Å². The van der Waals surface area contributed by atoms with Gasteiger partial charge in [0.2, 0.25) is 5.95 Å². The van der Waals surface area contributed by atoms with Crippen LogP contribution in [0.2, 0.25) is 0 Å². The maximum Gasteiger partial charge on any atom is 0.238 e. The molecule has 0 saturated carbocycles. The van der Waals surface area contributed by atoms with Gasteiger partial charge in [-0.15, -0.1) is 0 Å². The summed E-state index contributed by atoms with van der Waals surface area (Å²) in [6.45, 7) is 5.81. The number of pyridine rings is 1. The molecular weight excluding hydrogens is 625 g/mol. The topological polar surface area (TPSA) is 61.4 Å². The van der Waals surface area contributed by atoms with E-state index >= 15 is 0 Å². The van der Waals surface area contributed by atoms with Gasteiger partial charge in [0.1, 0.15) is 5.65 Å². The third kappa shape index (κ3) is 5.13. The molecule has 0 N–H and O–H groups in total. The third-order valence-electron chi connectivity index (χ3n) is 9.36. The minimum absolute atomic E-state index is 0.565. The van der Waals surface area contributed by atoms with E-state index in [0.717, 1.165) is 66.3 Å².